The Morgan fingerprint density at radius 1 is 0.917 bits per heavy atom. The Labute approximate surface area is 159 Å². The largest absolute Gasteiger partial charge is 0.370 e. The number of halogens is 1. The van der Waals surface area contributed by atoms with Crippen LogP contribution in [0.4, 0.5) is 0 Å². The number of nitrogens with two attached hydrogens (primary N) is 1. The molecule has 0 aliphatic carbocycles. The maximum atomic E-state index is 11.8. The third kappa shape index (κ3) is 7.45. The number of amides is 1. The van der Waals surface area contributed by atoms with Crippen molar-refractivity contribution in [3.8, 4) is 0 Å². The average molecular weight is 438 g/mol. The van der Waals surface area contributed by atoms with Crippen LogP contribution in [0.3, 0.4) is 0 Å². The van der Waals surface area contributed by atoms with Crippen molar-refractivity contribution in [2.75, 3.05) is 13.1 Å². The minimum atomic E-state index is -0.0590. The molecule has 0 fully saturated rings. The van der Waals surface area contributed by atoms with E-state index in [4.69, 9.17) is 5.73 Å². The molecule has 0 radical (unpaired) electrons. The summed E-state index contributed by atoms with van der Waals surface area (Å²) in [6.07, 6.45) is 0.778. The van der Waals surface area contributed by atoms with Crippen molar-refractivity contribution in [3.63, 3.8) is 0 Å². The van der Waals surface area contributed by atoms with Crippen LogP contribution in [0, 0.1) is 0 Å². The number of carbonyl (C=O) groups is 1. The van der Waals surface area contributed by atoms with E-state index >= 15 is 0 Å². The Bertz CT molecular complexity index is 632. The number of rotatable bonds is 7. The molecule has 0 unspecified atom stereocenters. The van der Waals surface area contributed by atoms with Crippen molar-refractivity contribution < 1.29 is 4.79 Å². The summed E-state index contributed by atoms with van der Waals surface area (Å²) < 4.78 is 0. The zero-order chi connectivity index (χ0) is 16.3. The third-order valence-corrected chi connectivity index (χ3v) is 3.26. The summed E-state index contributed by atoms with van der Waals surface area (Å²) in [7, 11) is 0. The number of hydrogen-bond acceptors (Lipinski definition) is 2. The van der Waals surface area contributed by atoms with E-state index in [0.717, 1.165) is 12.0 Å². The molecule has 0 saturated carbocycles. The molecule has 0 spiro atoms. The van der Waals surface area contributed by atoms with Crippen molar-refractivity contribution in [3.05, 3.63) is 71.8 Å². The van der Waals surface area contributed by atoms with Gasteiger partial charge in [-0.2, -0.15) is 0 Å². The van der Waals surface area contributed by atoms with E-state index in [1.165, 1.54) is 0 Å². The molecular weight excluding hydrogens is 415 g/mol. The molecule has 0 bridgehead atoms. The van der Waals surface area contributed by atoms with Gasteiger partial charge in [-0.05, 0) is 24.1 Å². The van der Waals surface area contributed by atoms with Gasteiger partial charge in [0.1, 0.15) is 0 Å². The summed E-state index contributed by atoms with van der Waals surface area (Å²) in [6.45, 7) is 1.82. The molecule has 2 aromatic rings. The standard InChI is InChI=1S/C18H22N4O.HI/c19-18(22-14-15-8-3-1-4-9-15)21-13-7-12-20-17(23)16-10-5-2-6-11-16;/h1-6,8-11H,7,12-14H2,(H,20,23)(H3,19,21,22);1H. The lowest BCUT2D eigenvalue weighted by Gasteiger charge is -2.07. The second-order valence-corrected chi connectivity index (χ2v) is 5.09. The van der Waals surface area contributed by atoms with Gasteiger partial charge in [-0.25, -0.2) is 4.99 Å². The van der Waals surface area contributed by atoms with Crippen LogP contribution >= 0.6 is 24.0 Å². The number of guanidine groups is 1. The van der Waals surface area contributed by atoms with Crippen molar-refractivity contribution >= 4 is 35.8 Å². The van der Waals surface area contributed by atoms with Crippen LogP contribution in [0.15, 0.2) is 65.7 Å². The highest BCUT2D eigenvalue weighted by Crippen LogP contribution is 1.99. The van der Waals surface area contributed by atoms with E-state index in [1.54, 1.807) is 12.1 Å². The molecule has 0 saturated heterocycles. The lowest BCUT2D eigenvalue weighted by Crippen LogP contribution is -2.34. The third-order valence-electron chi connectivity index (χ3n) is 3.26. The van der Waals surface area contributed by atoms with Crippen molar-refractivity contribution in [2.24, 2.45) is 10.7 Å². The second kappa shape index (κ2) is 11.4. The van der Waals surface area contributed by atoms with Gasteiger partial charge in [-0.3, -0.25) is 4.79 Å². The van der Waals surface area contributed by atoms with Crippen LogP contribution in [-0.4, -0.2) is 25.0 Å². The fourth-order valence-corrected chi connectivity index (χ4v) is 2.01. The molecule has 0 atom stereocenters. The van der Waals surface area contributed by atoms with E-state index in [1.807, 2.05) is 48.5 Å². The predicted octanol–water partition coefficient (Wildman–Crippen LogP) is 2.53. The highest BCUT2D eigenvalue weighted by Gasteiger charge is 2.02. The van der Waals surface area contributed by atoms with E-state index in [9.17, 15) is 4.79 Å². The van der Waals surface area contributed by atoms with Crippen LogP contribution < -0.4 is 16.4 Å². The van der Waals surface area contributed by atoms with Crippen molar-refractivity contribution in [1.29, 1.82) is 0 Å². The van der Waals surface area contributed by atoms with Gasteiger partial charge in [0.2, 0.25) is 0 Å². The van der Waals surface area contributed by atoms with Crippen LogP contribution in [-0.2, 0) is 6.54 Å². The predicted molar refractivity (Wildman–Crippen MR) is 109 cm³/mol. The quantitative estimate of drug-likeness (QED) is 0.269. The van der Waals surface area contributed by atoms with Gasteiger partial charge in [-0.15, -0.1) is 24.0 Å². The van der Waals surface area contributed by atoms with E-state index < -0.39 is 0 Å². The smallest absolute Gasteiger partial charge is 0.251 e. The Kier molecular flexibility index (Phi) is 9.52. The van der Waals surface area contributed by atoms with Crippen LogP contribution in [0.5, 0.6) is 0 Å². The topological polar surface area (TPSA) is 79.5 Å². The number of aliphatic imine (C=N–C) groups is 1. The van der Waals surface area contributed by atoms with Gasteiger partial charge >= 0.3 is 0 Å². The molecule has 0 aromatic heterocycles. The highest BCUT2D eigenvalue weighted by molar-refractivity contribution is 14.0. The molecule has 2 aromatic carbocycles. The van der Waals surface area contributed by atoms with Crippen LogP contribution in [0.2, 0.25) is 0 Å². The van der Waals surface area contributed by atoms with Crippen LogP contribution in [0.25, 0.3) is 0 Å². The minimum absolute atomic E-state index is 0. The normalized spacial score (nSPS) is 10.6. The average Bonchev–Trinajstić information content (AvgIpc) is 2.61. The number of benzene rings is 2. The summed E-state index contributed by atoms with van der Waals surface area (Å²) in [5.41, 5.74) is 7.59. The molecule has 6 heteroatoms. The molecule has 0 heterocycles. The summed E-state index contributed by atoms with van der Waals surface area (Å²) in [6, 6.07) is 19.1. The Balaban J connectivity index is 0.00000288. The molecule has 5 nitrogen and oxygen atoms in total. The van der Waals surface area contributed by atoms with Gasteiger partial charge in [0.15, 0.2) is 5.96 Å². The van der Waals surface area contributed by atoms with E-state index in [-0.39, 0.29) is 29.9 Å². The van der Waals surface area contributed by atoms with Gasteiger partial charge in [0.05, 0.1) is 6.54 Å². The van der Waals surface area contributed by atoms with Gasteiger partial charge in [0, 0.05) is 18.7 Å². The fraction of sp³-hybridized carbons (Fsp3) is 0.222. The summed E-state index contributed by atoms with van der Waals surface area (Å²) >= 11 is 0. The first kappa shape index (κ1) is 20.0. The Hall–Kier alpha value is -2.09. The molecule has 0 aliphatic heterocycles. The van der Waals surface area contributed by atoms with Gasteiger partial charge in [0.25, 0.3) is 5.91 Å². The highest BCUT2D eigenvalue weighted by atomic mass is 127. The van der Waals surface area contributed by atoms with E-state index in [0.29, 0.717) is 31.2 Å². The number of carbonyl (C=O) groups excluding carboxylic acids is 1. The van der Waals surface area contributed by atoms with E-state index in [2.05, 4.69) is 15.6 Å². The SMILES string of the molecule is I.NC(=NCc1ccccc1)NCCCNC(=O)c1ccccc1. The number of hydrogen-bond donors (Lipinski definition) is 3. The molecule has 128 valence electrons. The fourth-order valence-electron chi connectivity index (χ4n) is 2.01. The summed E-state index contributed by atoms with van der Waals surface area (Å²) in [5.74, 6) is 0.361. The Morgan fingerprint density at radius 3 is 2.17 bits per heavy atom. The maximum Gasteiger partial charge on any atom is 0.251 e. The van der Waals surface area contributed by atoms with Crippen LogP contribution in [0.1, 0.15) is 22.3 Å². The molecular formula is C18H23IN4O. The lowest BCUT2D eigenvalue weighted by atomic mass is 10.2. The zero-order valence-electron chi connectivity index (χ0n) is 13.4. The summed E-state index contributed by atoms with van der Waals surface area (Å²) in [4.78, 5) is 16.1. The Morgan fingerprint density at radius 2 is 1.50 bits per heavy atom. The lowest BCUT2D eigenvalue weighted by molar-refractivity contribution is 0.0953. The minimum Gasteiger partial charge on any atom is -0.370 e. The molecule has 1 amide bonds. The molecule has 0 aliphatic rings. The zero-order valence-corrected chi connectivity index (χ0v) is 15.8. The van der Waals surface area contributed by atoms with Crippen molar-refractivity contribution in [1.82, 2.24) is 10.6 Å². The van der Waals surface area contributed by atoms with Gasteiger partial charge in [-0.1, -0.05) is 48.5 Å². The van der Waals surface area contributed by atoms with Crippen molar-refractivity contribution in [2.45, 2.75) is 13.0 Å². The van der Waals surface area contributed by atoms with Gasteiger partial charge < -0.3 is 16.4 Å². The first-order valence-electron chi connectivity index (χ1n) is 7.66. The summed E-state index contributed by atoms with van der Waals surface area (Å²) in [5, 5.41) is 5.91. The molecule has 24 heavy (non-hydrogen) atoms. The number of nitrogens with zero attached hydrogens (tertiary/aromatic N) is 1. The molecule has 4 N–H and O–H groups in total. The first-order valence-corrected chi connectivity index (χ1v) is 7.66. The second-order valence-electron chi connectivity index (χ2n) is 5.09. The molecule has 2 rings (SSSR count). The monoisotopic (exact) mass is 438 g/mol. The number of nitrogens with one attached hydrogen (secondary N) is 2. The maximum absolute atomic E-state index is 11.8. The first-order chi connectivity index (χ1) is 11.3.